The predicted molar refractivity (Wildman–Crippen MR) is 130 cm³/mol. The first-order valence-electron chi connectivity index (χ1n) is 9.99. The van der Waals surface area contributed by atoms with Gasteiger partial charge in [0.25, 0.3) is 5.91 Å². The van der Waals surface area contributed by atoms with E-state index in [1.807, 2.05) is 22.9 Å². The molecule has 1 aliphatic rings. The molecular weight excluding hydrogens is 533 g/mol. The van der Waals surface area contributed by atoms with Crippen LogP contribution in [0.15, 0.2) is 18.3 Å². The lowest BCUT2D eigenvalue weighted by molar-refractivity contribution is 0.0647. The zero-order valence-electron chi connectivity index (χ0n) is 17.1. The molecule has 1 fully saturated rings. The summed E-state index contributed by atoms with van der Waals surface area (Å²) in [6.07, 6.45) is 4.27. The molecule has 2 heterocycles. The Bertz CT molecular complexity index is 930. The van der Waals surface area contributed by atoms with E-state index in [1.54, 1.807) is 25.3 Å². The second-order valence-electron chi connectivity index (χ2n) is 7.24. The van der Waals surface area contributed by atoms with E-state index in [-0.39, 0.29) is 37.1 Å². The number of hydrogen-bond donors (Lipinski definition) is 6. The van der Waals surface area contributed by atoms with Gasteiger partial charge >= 0.3 is 0 Å². The molecule has 0 atom stereocenters. The van der Waals surface area contributed by atoms with Crippen molar-refractivity contribution in [1.29, 1.82) is 5.41 Å². The number of aromatic nitrogens is 1. The number of ether oxygens (including phenoxy) is 1. The number of thiophene rings is 1. The van der Waals surface area contributed by atoms with E-state index in [0.717, 1.165) is 12.8 Å². The van der Waals surface area contributed by atoms with E-state index in [2.05, 4.69) is 19.1 Å². The SMILES string of the molecule is Cc1c(C(=O)NCCO)sc(NI)c1C(=N)Nc1cccnc1O[C@H]1CC[C@H](O)CC1. The fourth-order valence-corrected chi connectivity index (χ4v) is 5.07. The van der Waals surface area contributed by atoms with Gasteiger partial charge < -0.3 is 29.1 Å². The molecular formula is C20H26IN5O4S. The number of anilines is 2. The summed E-state index contributed by atoms with van der Waals surface area (Å²) in [5.41, 5.74) is 1.82. The summed E-state index contributed by atoms with van der Waals surface area (Å²) >= 11 is 3.23. The van der Waals surface area contributed by atoms with Gasteiger partial charge in [-0.15, -0.1) is 11.3 Å². The Morgan fingerprint density at radius 3 is 2.81 bits per heavy atom. The molecule has 0 radical (unpaired) electrons. The molecule has 0 unspecified atom stereocenters. The number of pyridine rings is 1. The standard InChI is InChI=1S/C20H26IN5O4S/c1-11-15(20(26-21)31-16(11)18(29)23-9-10-27)17(22)25-14-3-2-8-24-19(14)30-13-6-4-12(28)5-7-13/h2-3,8,12-13,26-28H,4-7,9-10H2,1H3,(H2,22,25)(H,23,29)/t12-,13-. The van der Waals surface area contributed by atoms with E-state index < -0.39 is 0 Å². The number of halogens is 1. The molecule has 0 spiro atoms. The van der Waals surface area contributed by atoms with Gasteiger partial charge in [-0.2, -0.15) is 0 Å². The van der Waals surface area contributed by atoms with Crippen molar-refractivity contribution >= 4 is 56.6 Å². The number of aliphatic hydroxyl groups is 2. The van der Waals surface area contributed by atoms with Gasteiger partial charge in [0.1, 0.15) is 22.6 Å². The van der Waals surface area contributed by atoms with Crippen molar-refractivity contribution in [2.24, 2.45) is 0 Å². The van der Waals surface area contributed by atoms with E-state index in [4.69, 9.17) is 15.3 Å². The summed E-state index contributed by atoms with van der Waals surface area (Å²) in [4.78, 5) is 17.2. The Labute approximate surface area is 198 Å². The van der Waals surface area contributed by atoms with Crippen molar-refractivity contribution in [2.45, 2.75) is 44.8 Å². The van der Waals surface area contributed by atoms with E-state index in [9.17, 15) is 9.90 Å². The first-order chi connectivity index (χ1) is 14.9. The molecule has 0 aromatic carbocycles. The van der Waals surface area contributed by atoms with Crippen LogP contribution in [0.2, 0.25) is 0 Å². The van der Waals surface area contributed by atoms with Gasteiger partial charge in [-0.1, -0.05) is 0 Å². The average molecular weight is 559 g/mol. The Kier molecular flexibility index (Phi) is 8.46. The molecule has 0 saturated heterocycles. The maximum absolute atomic E-state index is 12.4. The lowest BCUT2D eigenvalue weighted by Crippen LogP contribution is -2.27. The number of nitrogens with zero attached hydrogens (tertiary/aromatic N) is 1. The van der Waals surface area contributed by atoms with Gasteiger partial charge in [-0.05, 0) is 50.3 Å². The molecule has 1 amide bonds. The minimum absolute atomic E-state index is 0.0238. The van der Waals surface area contributed by atoms with Crippen LogP contribution in [0.4, 0.5) is 10.7 Å². The van der Waals surface area contributed by atoms with Crippen LogP contribution in [0, 0.1) is 12.3 Å². The van der Waals surface area contributed by atoms with E-state index >= 15 is 0 Å². The maximum atomic E-state index is 12.4. The zero-order chi connectivity index (χ0) is 22.4. The van der Waals surface area contributed by atoms with Gasteiger partial charge in [-0.3, -0.25) is 10.2 Å². The highest BCUT2D eigenvalue weighted by Gasteiger charge is 2.25. The second-order valence-corrected chi connectivity index (χ2v) is 8.80. The molecule has 3 rings (SSSR count). The summed E-state index contributed by atoms with van der Waals surface area (Å²) < 4.78 is 9.09. The van der Waals surface area contributed by atoms with Crippen molar-refractivity contribution < 1.29 is 19.7 Å². The third kappa shape index (κ3) is 5.84. The third-order valence-corrected chi connectivity index (χ3v) is 7.15. The van der Waals surface area contributed by atoms with Crippen molar-refractivity contribution in [3.05, 3.63) is 34.3 Å². The molecule has 2 aromatic heterocycles. The van der Waals surface area contributed by atoms with Crippen LogP contribution in [-0.2, 0) is 0 Å². The number of aliphatic hydroxyl groups excluding tert-OH is 2. The number of carbonyl (C=O) groups is 1. The van der Waals surface area contributed by atoms with Crippen LogP contribution >= 0.6 is 34.2 Å². The molecule has 1 aliphatic carbocycles. The number of amides is 1. The van der Waals surface area contributed by atoms with Gasteiger partial charge in [0.05, 0.1) is 46.0 Å². The third-order valence-electron chi connectivity index (χ3n) is 5.04. The van der Waals surface area contributed by atoms with E-state index in [1.165, 1.54) is 11.3 Å². The van der Waals surface area contributed by atoms with Crippen molar-refractivity contribution in [1.82, 2.24) is 10.3 Å². The highest BCUT2D eigenvalue weighted by molar-refractivity contribution is 14.1. The summed E-state index contributed by atoms with van der Waals surface area (Å²) in [5, 5.41) is 33.7. The number of hydrogen-bond acceptors (Lipinski definition) is 8. The Morgan fingerprint density at radius 2 is 2.13 bits per heavy atom. The molecule has 31 heavy (non-hydrogen) atoms. The largest absolute Gasteiger partial charge is 0.473 e. The lowest BCUT2D eigenvalue weighted by atomic mass is 9.95. The summed E-state index contributed by atoms with van der Waals surface area (Å²) in [7, 11) is 0. The second kappa shape index (κ2) is 11.1. The minimum Gasteiger partial charge on any atom is -0.473 e. The Hall–Kier alpha value is -1.96. The normalized spacial score (nSPS) is 18.3. The van der Waals surface area contributed by atoms with Crippen LogP contribution in [0.3, 0.4) is 0 Å². The maximum Gasteiger partial charge on any atom is 0.261 e. The molecule has 2 aromatic rings. The first-order valence-corrected chi connectivity index (χ1v) is 11.9. The van der Waals surface area contributed by atoms with Crippen LogP contribution < -0.4 is 18.9 Å². The summed E-state index contributed by atoms with van der Waals surface area (Å²) in [5.74, 6) is 0.242. The van der Waals surface area contributed by atoms with Gasteiger partial charge in [0.2, 0.25) is 5.88 Å². The molecule has 0 aliphatic heterocycles. The first kappa shape index (κ1) is 23.7. The molecule has 1 saturated carbocycles. The Balaban J connectivity index is 1.79. The fraction of sp³-hybridized carbons (Fsp3) is 0.450. The van der Waals surface area contributed by atoms with Crippen molar-refractivity contribution in [2.75, 3.05) is 22.0 Å². The number of nitrogens with one attached hydrogen (secondary N) is 4. The van der Waals surface area contributed by atoms with Gasteiger partial charge in [0.15, 0.2) is 0 Å². The minimum atomic E-state index is -0.284. The Morgan fingerprint density at radius 1 is 1.39 bits per heavy atom. The molecule has 0 bridgehead atoms. The molecule has 11 heteroatoms. The van der Waals surface area contributed by atoms with Crippen LogP contribution in [0.25, 0.3) is 0 Å². The molecule has 6 N–H and O–H groups in total. The molecule has 168 valence electrons. The molecule has 9 nitrogen and oxygen atoms in total. The smallest absolute Gasteiger partial charge is 0.261 e. The fourth-order valence-electron chi connectivity index (χ4n) is 3.45. The topological polar surface area (TPSA) is 140 Å². The zero-order valence-corrected chi connectivity index (χ0v) is 20.0. The van der Waals surface area contributed by atoms with Crippen LogP contribution in [-0.4, -0.2) is 52.3 Å². The predicted octanol–water partition coefficient (Wildman–Crippen LogP) is 3.06. The number of amidine groups is 1. The van der Waals surface area contributed by atoms with Gasteiger partial charge in [-0.25, -0.2) is 4.98 Å². The number of carbonyl (C=O) groups excluding carboxylic acids is 1. The van der Waals surface area contributed by atoms with Crippen molar-refractivity contribution in [3.63, 3.8) is 0 Å². The van der Waals surface area contributed by atoms with E-state index in [0.29, 0.717) is 45.4 Å². The quantitative estimate of drug-likeness (QED) is 0.127. The van der Waals surface area contributed by atoms with Crippen LogP contribution in [0.1, 0.15) is 46.5 Å². The monoisotopic (exact) mass is 559 g/mol. The van der Waals surface area contributed by atoms with Crippen LogP contribution in [0.5, 0.6) is 5.88 Å². The highest BCUT2D eigenvalue weighted by atomic mass is 127. The highest BCUT2D eigenvalue weighted by Crippen LogP contribution is 2.35. The summed E-state index contributed by atoms with van der Waals surface area (Å²) in [6.45, 7) is 1.83. The lowest BCUT2D eigenvalue weighted by Gasteiger charge is -2.26. The van der Waals surface area contributed by atoms with Gasteiger partial charge in [0, 0.05) is 12.7 Å². The average Bonchev–Trinajstić information content (AvgIpc) is 3.11. The van der Waals surface area contributed by atoms with Crippen molar-refractivity contribution in [3.8, 4) is 5.88 Å². The number of rotatable bonds is 8. The summed E-state index contributed by atoms with van der Waals surface area (Å²) in [6, 6.07) is 3.56.